The van der Waals surface area contributed by atoms with Crippen molar-refractivity contribution in [2.45, 2.75) is 13.0 Å². The van der Waals surface area contributed by atoms with Gasteiger partial charge in [0.1, 0.15) is 11.5 Å². The third-order valence-electron chi connectivity index (χ3n) is 5.83. The Labute approximate surface area is 181 Å². The predicted octanol–water partition coefficient (Wildman–Crippen LogP) is 2.45. The van der Waals surface area contributed by atoms with E-state index in [0.29, 0.717) is 37.4 Å². The molecule has 0 aliphatic carbocycles. The minimum atomic E-state index is -0.719. The van der Waals surface area contributed by atoms with E-state index in [1.54, 1.807) is 24.3 Å². The summed E-state index contributed by atoms with van der Waals surface area (Å²) in [5.74, 6) is -1.42. The van der Waals surface area contributed by atoms with E-state index in [2.05, 4.69) is 4.90 Å². The summed E-state index contributed by atoms with van der Waals surface area (Å²) in [5, 5.41) is 20.7. The minimum absolute atomic E-state index is 0.0709. The van der Waals surface area contributed by atoms with E-state index >= 15 is 0 Å². The number of phenolic OH excluding ortho intramolecular Hbond substituents is 1. The number of ketones is 1. The summed E-state index contributed by atoms with van der Waals surface area (Å²) in [7, 11) is 0. The molecule has 2 aromatic carbocycles. The summed E-state index contributed by atoms with van der Waals surface area (Å²) in [6.07, 6.45) is 0. The number of aliphatic hydroxyl groups is 1. The standard InChI is InChI=1S/C24H26N2O5/c1-16-2-4-18(5-3-16)22(28)20-21(17-6-8-19(27)9-7-17)26(24(30)23(20)29)11-10-25-12-14-31-15-13-25/h2-9,21,27-28H,10-15H2,1H3/b22-20+. The molecule has 2 aliphatic heterocycles. The fourth-order valence-corrected chi connectivity index (χ4v) is 4.05. The second-order valence-corrected chi connectivity index (χ2v) is 7.90. The van der Waals surface area contributed by atoms with Crippen LogP contribution in [0, 0.1) is 6.92 Å². The Hall–Kier alpha value is -3.16. The number of likely N-dealkylation sites (tertiary alicyclic amines) is 1. The molecule has 0 spiro atoms. The van der Waals surface area contributed by atoms with Gasteiger partial charge in [0, 0.05) is 31.7 Å². The summed E-state index contributed by atoms with van der Waals surface area (Å²) in [6.45, 7) is 5.73. The van der Waals surface area contributed by atoms with Gasteiger partial charge in [-0.15, -0.1) is 0 Å². The fourth-order valence-electron chi connectivity index (χ4n) is 4.05. The predicted molar refractivity (Wildman–Crippen MR) is 116 cm³/mol. The number of morpholine rings is 1. The number of aliphatic hydroxyl groups excluding tert-OH is 1. The van der Waals surface area contributed by atoms with Crippen LogP contribution < -0.4 is 0 Å². The van der Waals surface area contributed by atoms with Gasteiger partial charge in [-0.25, -0.2) is 0 Å². The molecule has 7 heteroatoms. The maximum atomic E-state index is 13.0. The molecule has 31 heavy (non-hydrogen) atoms. The van der Waals surface area contributed by atoms with Crippen LogP contribution in [0.4, 0.5) is 0 Å². The van der Waals surface area contributed by atoms with Crippen LogP contribution in [0.15, 0.2) is 54.1 Å². The summed E-state index contributed by atoms with van der Waals surface area (Å²) in [4.78, 5) is 29.7. The fraction of sp³-hybridized carbons (Fsp3) is 0.333. The van der Waals surface area contributed by atoms with Gasteiger partial charge >= 0.3 is 0 Å². The lowest BCUT2D eigenvalue weighted by molar-refractivity contribution is -0.140. The van der Waals surface area contributed by atoms with E-state index in [-0.39, 0.29) is 17.1 Å². The van der Waals surface area contributed by atoms with Crippen molar-refractivity contribution in [3.05, 3.63) is 70.8 Å². The number of nitrogens with zero attached hydrogens (tertiary/aromatic N) is 2. The molecule has 4 rings (SSSR count). The molecular formula is C24H26N2O5. The van der Waals surface area contributed by atoms with Crippen molar-refractivity contribution in [1.29, 1.82) is 0 Å². The number of carbonyl (C=O) groups excluding carboxylic acids is 2. The smallest absolute Gasteiger partial charge is 0.295 e. The monoisotopic (exact) mass is 422 g/mol. The molecule has 2 N–H and O–H groups in total. The van der Waals surface area contributed by atoms with Crippen molar-refractivity contribution in [2.24, 2.45) is 0 Å². The van der Waals surface area contributed by atoms with E-state index in [1.165, 1.54) is 17.0 Å². The first-order chi connectivity index (χ1) is 15.0. The zero-order chi connectivity index (χ0) is 22.0. The number of phenols is 1. The summed E-state index contributed by atoms with van der Waals surface area (Å²) < 4.78 is 5.38. The van der Waals surface area contributed by atoms with Gasteiger partial charge < -0.3 is 19.8 Å². The summed E-state index contributed by atoms with van der Waals surface area (Å²) >= 11 is 0. The average molecular weight is 422 g/mol. The van der Waals surface area contributed by atoms with Crippen molar-refractivity contribution >= 4 is 17.4 Å². The molecule has 0 saturated carbocycles. The Bertz CT molecular complexity index is 992. The molecule has 0 aromatic heterocycles. The third kappa shape index (κ3) is 4.33. The number of hydrogen-bond donors (Lipinski definition) is 2. The summed E-state index contributed by atoms with van der Waals surface area (Å²) in [6, 6.07) is 12.8. The SMILES string of the molecule is Cc1ccc(/C(O)=C2\C(=O)C(=O)N(CCN3CCOCC3)C2c2ccc(O)cc2)cc1. The first-order valence-electron chi connectivity index (χ1n) is 10.4. The van der Waals surface area contributed by atoms with Crippen LogP contribution >= 0.6 is 0 Å². The quantitative estimate of drug-likeness (QED) is 0.437. The van der Waals surface area contributed by atoms with Crippen LogP contribution in [0.25, 0.3) is 5.76 Å². The molecule has 2 heterocycles. The second-order valence-electron chi connectivity index (χ2n) is 7.90. The molecule has 0 bridgehead atoms. The number of Topliss-reactive ketones (excluding diaryl/α,β-unsaturated/α-hetero) is 1. The zero-order valence-electron chi connectivity index (χ0n) is 17.5. The van der Waals surface area contributed by atoms with Crippen molar-refractivity contribution in [1.82, 2.24) is 9.80 Å². The lowest BCUT2D eigenvalue weighted by Crippen LogP contribution is -2.42. The normalized spacial score (nSPS) is 21.6. The van der Waals surface area contributed by atoms with Gasteiger partial charge in [0.2, 0.25) is 0 Å². The molecule has 7 nitrogen and oxygen atoms in total. The molecule has 1 unspecified atom stereocenters. The number of hydrogen-bond acceptors (Lipinski definition) is 6. The lowest BCUT2D eigenvalue weighted by atomic mass is 9.95. The van der Waals surface area contributed by atoms with Gasteiger partial charge in [-0.2, -0.15) is 0 Å². The van der Waals surface area contributed by atoms with Gasteiger partial charge in [0.15, 0.2) is 0 Å². The molecule has 2 aromatic rings. The largest absolute Gasteiger partial charge is 0.508 e. The summed E-state index contributed by atoms with van der Waals surface area (Å²) in [5.41, 5.74) is 2.24. The molecule has 2 saturated heterocycles. The molecule has 1 amide bonds. The lowest BCUT2D eigenvalue weighted by Gasteiger charge is -2.31. The molecule has 162 valence electrons. The van der Waals surface area contributed by atoms with Crippen LogP contribution in [0.1, 0.15) is 22.7 Å². The van der Waals surface area contributed by atoms with E-state index < -0.39 is 17.7 Å². The van der Waals surface area contributed by atoms with Gasteiger partial charge in [0.05, 0.1) is 24.8 Å². The van der Waals surface area contributed by atoms with Crippen LogP contribution in [-0.4, -0.2) is 71.1 Å². The van der Waals surface area contributed by atoms with Crippen molar-refractivity contribution in [2.75, 3.05) is 39.4 Å². The molecule has 1 atom stereocenters. The van der Waals surface area contributed by atoms with E-state index in [4.69, 9.17) is 4.74 Å². The first-order valence-corrected chi connectivity index (χ1v) is 10.4. The third-order valence-corrected chi connectivity index (χ3v) is 5.83. The maximum absolute atomic E-state index is 13.0. The number of ether oxygens (including phenoxy) is 1. The van der Waals surface area contributed by atoms with E-state index in [0.717, 1.165) is 18.7 Å². The molecule has 0 radical (unpaired) electrons. The number of aryl methyl sites for hydroxylation is 1. The Kier molecular flexibility index (Phi) is 6.06. The van der Waals surface area contributed by atoms with Gasteiger partial charge in [-0.1, -0.05) is 42.0 Å². The number of aromatic hydroxyl groups is 1. The van der Waals surface area contributed by atoms with Gasteiger partial charge in [0.25, 0.3) is 11.7 Å². The highest BCUT2D eigenvalue weighted by molar-refractivity contribution is 6.46. The molecule has 2 fully saturated rings. The van der Waals surface area contributed by atoms with Crippen LogP contribution in [0.5, 0.6) is 5.75 Å². The number of rotatable bonds is 5. The van der Waals surface area contributed by atoms with Crippen LogP contribution in [0.2, 0.25) is 0 Å². The number of amides is 1. The van der Waals surface area contributed by atoms with Crippen LogP contribution in [-0.2, 0) is 14.3 Å². The van der Waals surface area contributed by atoms with Crippen molar-refractivity contribution in [3.8, 4) is 5.75 Å². The minimum Gasteiger partial charge on any atom is -0.508 e. The first kappa shape index (κ1) is 21.1. The zero-order valence-corrected chi connectivity index (χ0v) is 17.5. The second kappa shape index (κ2) is 8.91. The highest BCUT2D eigenvalue weighted by atomic mass is 16.5. The Balaban J connectivity index is 1.72. The Morgan fingerprint density at radius 1 is 1.00 bits per heavy atom. The maximum Gasteiger partial charge on any atom is 0.295 e. The average Bonchev–Trinajstić information content (AvgIpc) is 3.04. The van der Waals surface area contributed by atoms with E-state index in [9.17, 15) is 19.8 Å². The number of benzene rings is 2. The van der Waals surface area contributed by atoms with Crippen molar-refractivity contribution < 1.29 is 24.5 Å². The van der Waals surface area contributed by atoms with E-state index in [1.807, 2.05) is 19.1 Å². The Morgan fingerprint density at radius 2 is 1.65 bits per heavy atom. The highest BCUT2D eigenvalue weighted by Crippen LogP contribution is 2.39. The highest BCUT2D eigenvalue weighted by Gasteiger charge is 2.46. The van der Waals surface area contributed by atoms with Crippen molar-refractivity contribution in [3.63, 3.8) is 0 Å². The molecular weight excluding hydrogens is 396 g/mol. The van der Waals surface area contributed by atoms with Gasteiger partial charge in [-0.3, -0.25) is 14.5 Å². The molecule has 2 aliphatic rings. The van der Waals surface area contributed by atoms with Gasteiger partial charge in [-0.05, 0) is 24.6 Å². The number of carbonyl (C=O) groups is 2. The van der Waals surface area contributed by atoms with Crippen LogP contribution in [0.3, 0.4) is 0 Å². The topological polar surface area (TPSA) is 90.3 Å². The Morgan fingerprint density at radius 3 is 2.29 bits per heavy atom.